The van der Waals surface area contributed by atoms with Crippen LogP contribution in [0.3, 0.4) is 0 Å². The number of fused-ring (bicyclic) bond motifs is 14. The summed E-state index contributed by atoms with van der Waals surface area (Å²) in [5, 5.41) is 2.51. The van der Waals surface area contributed by atoms with Gasteiger partial charge in [0.1, 0.15) is 5.82 Å². The number of rotatable bonds is 4. The molecule has 356 valence electrons. The molecule has 15 rings (SSSR count). The number of hydrogen-bond donors (Lipinski definition) is 1. The van der Waals surface area contributed by atoms with E-state index in [1.807, 2.05) is 24.4 Å². The molecule has 73 heavy (non-hydrogen) atoms. The topological polar surface area (TPSA) is 82.0 Å². The SMILES string of the molecule is Cc1cccc2c1nc1[nH]c3[c-]c4c(cc3n12)n1c2cccc(C)c2nc1n4-c1cc(C(C)(C)C)ccn1.[Pt].[c-]1ccccc1-n1[c-][n+](-c2ccccc2-n2c3ccccc3c3ccccc32)c2ccccc21. The Kier molecular flexibility index (Phi) is 10.2. The maximum absolute atomic E-state index is 5.15. The van der Waals surface area contributed by atoms with E-state index in [1.54, 1.807) is 0 Å². The van der Waals surface area contributed by atoms with Crippen LogP contribution >= 0.6 is 0 Å². The van der Waals surface area contributed by atoms with Crippen LogP contribution in [0.5, 0.6) is 0 Å². The van der Waals surface area contributed by atoms with Crippen LogP contribution in [0, 0.1) is 32.3 Å². The Bertz CT molecular complexity index is 4600. The number of H-pyrrole nitrogens is 1. The van der Waals surface area contributed by atoms with Crippen LogP contribution in [0.4, 0.5) is 0 Å². The van der Waals surface area contributed by atoms with Crippen LogP contribution < -0.4 is 4.57 Å². The summed E-state index contributed by atoms with van der Waals surface area (Å²) in [5.74, 6) is 2.47. The molecule has 0 fully saturated rings. The van der Waals surface area contributed by atoms with Crippen molar-refractivity contribution in [3.05, 3.63) is 217 Å². The number of pyridine rings is 1. The molecule has 0 aliphatic carbocycles. The number of aromatic nitrogens is 10. The van der Waals surface area contributed by atoms with E-state index in [0.29, 0.717) is 0 Å². The second kappa shape index (κ2) is 16.8. The number of benzene rings is 8. The van der Waals surface area contributed by atoms with Gasteiger partial charge in [-0.3, -0.25) is 9.13 Å². The van der Waals surface area contributed by atoms with Crippen molar-refractivity contribution in [3.63, 3.8) is 0 Å². The van der Waals surface area contributed by atoms with Crippen molar-refractivity contribution in [2.45, 2.75) is 40.0 Å². The summed E-state index contributed by atoms with van der Waals surface area (Å²) >= 11 is 0. The van der Waals surface area contributed by atoms with Gasteiger partial charge in [0.05, 0.1) is 55.5 Å². The van der Waals surface area contributed by atoms with Crippen molar-refractivity contribution in [1.29, 1.82) is 0 Å². The van der Waals surface area contributed by atoms with Crippen molar-refractivity contribution < 1.29 is 25.6 Å². The molecule has 1 N–H and O–H groups in total. The number of imidazole rings is 5. The van der Waals surface area contributed by atoms with Gasteiger partial charge in [0, 0.05) is 38.0 Å². The Labute approximate surface area is 434 Å². The molecule has 7 aromatic heterocycles. The minimum Gasteiger partial charge on any atom is -0.348 e. The third kappa shape index (κ3) is 6.81. The fraction of sp³-hybridized carbons (Fsp3) is 0.0968. The summed E-state index contributed by atoms with van der Waals surface area (Å²) in [4.78, 5) is 18.4. The van der Waals surface area contributed by atoms with Gasteiger partial charge >= 0.3 is 0 Å². The zero-order valence-corrected chi connectivity index (χ0v) is 42.9. The van der Waals surface area contributed by atoms with E-state index in [-0.39, 0.29) is 26.5 Å². The first-order valence-electron chi connectivity index (χ1n) is 24.3. The molecule has 0 aliphatic rings. The van der Waals surface area contributed by atoms with Gasteiger partial charge in [-0.25, -0.2) is 15.0 Å². The normalized spacial score (nSPS) is 12.1. The monoisotopic (exact) mass is 1130 g/mol. The number of aromatic amines is 1. The molecule has 0 amide bonds. The van der Waals surface area contributed by atoms with Gasteiger partial charge in [-0.2, -0.15) is 30.3 Å². The van der Waals surface area contributed by atoms with E-state index in [9.17, 15) is 0 Å². The summed E-state index contributed by atoms with van der Waals surface area (Å²) < 4.78 is 13.2. The van der Waals surface area contributed by atoms with E-state index in [2.05, 4.69) is 243 Å². The van der Waals surface area contributed by atoms with Crippen LogP contribution in [0.25, 0.3) is 111 Å². The first-order valence-corrected chi connectivity index (χ1v) is 24.3. The Morgan fingerprint density at radius 2 is 1.22 bits per heavy atom. The Hall–Kier alpha value is -8.59. The second-order valence-electron chi connectivity index (χ2n) is 19.6. The largest absolute Gasteiger partial charge is 0.348 e. The molecular formula is C62H46N10Pt-2. The van der Waals surface area contributed by atoms with Gasteiger partial charge in [0.15, 0.2) is 5.78 Å². The molecule has 11 heteroatoms. The van der Waals surface area contributed by atoms with Gasteiger partial charge in [-0.05, 0) is 112 Å². The van der Waals surface area contributed by atoms with E-state index in [4.69, 9.17) is 15.0 Å². The fourth-order valence-electron chi connectivity index (χ4n) is 10.7. The minimum absolute atomic E-state index is 0. The summed E-state index contributed by atoms with van der Waals surface area (Å²) in [6.45, 7) is 10.9. The van der Waals surface area contributed by atoms with Crippen molar-refractivity contribution >= 4 is 88.5 Å². The molecule has 10 nitrogen and oxygen atoms in total. The van der Waals surface area contributed by atoms with Crippen LogP contribution in [0.1, 0.15) is 37.5 Å². The quantitative estimate of drug-likeness (QED) is 0.141. The first kappa shape index (κ1) is 44.4. The molecule has 8 aromatic carbocycles. The Morgan fingerprint density at radius 1 is 0.575 bits per heavy atom. The third-order valence-electron chi connectivity index (χ3n) is 14.2. The fourth-order valence-corrected chi connectivity index (χ4v) is 10.7. The third-order valence-corrected chi connectivity index (χ3v) is 14.2. The maximum atomic E-state index is 5.15. The first-order chi connectivity index (χ1) is 35.2. The molecule has 0 aliphatic heterocycles. The van der Waals surface area contributed by atoms with Crippen LogP contribution in [-0.4, -0.2) is 42.4 Å². The number of nitrogens with zero attached hydrogens (tertiary/aromatic N) is 9. The van der Waals surface area contributed by atoms with Gasteiger partial charge in [-0.1, -0.05) is 118 Å². The summed E-state index contributed by atoms with van der Waals surface area (Å²) in [6, 6.07) is 68.4. The second-order valence-corrected chi connectivity index (χ2v) is 19.6. The Morgan fingerprint density at radius 3 is 1.95 bits per heavy atom. The average Bonchev–Trinajstić information content (AvgIpc) is 4.26. The number of nitrogens with one attached hydrogen (secondary N) is 1. The predicted octanol–water partition coefficient (Wildman–Crippen LogP) is 13.4. The zero-order chi connectivity index (χ0) is 48.4. The van der Waals surface area contributed by atoms with E-state index >= 15 is 0 Å². The molecule has 15 aromatic rings. The number of aryl methyl sites for hydroxylation is 2. The molecule has 0 saturated heterocycles. The minimum atomic E-state index is -0.00539. The summed E-state index contributed by atoms with van der Waals surface area (Å²) in [6.07, 6.45) is 5.50. The molecule has 0 atom stereocenters. The molecular weight excluding hydrogens is 1080 g/mol. The molecule has 0 spiro atoms. The van der Waals surface area contributed by atoms with Crippen molar-refractivity contribution in [2.75, 3.05) is 0 Å². The van der Waals surface area contributed by atoms with E-state index in [0.717, 1.165) is 101 Å². The van der Waals surface area contributed by atoms with E-state index in [1.165, 1.54) is 27.4 Å². The van der Waals surface area contributed by atoms with Gasteiger partial charge < -0.3 is 22.9 Å². The average molecular weight is 1130 g/mol. The molecule has 0 bridgehead atoms. The van der Waals surface area contributed by atoms with Crippen molar-refractivity contribution in [2.24, 2.45) is 0 Å². The van der Waals surface area contributed by atoms with Crippen LogP contribution in [0.15, 0.2) is 182 Å². The van der Waals surface area contributed by atoms with Gasteiger partial charge in [0.25, 0.3) is 6.33 Å². The van der Waals surface area contributed by atoms with Crippen molar-refractivity contribution in [3.8, 4) is 22.9 Å². The molecule has 0 unspecified atom stereocenters. The number of para-hydroxylation sites is 9. The van der Waals surface area contributed by atoms with Crippen LogP contribution in [0.2, 0.25) is 0 Å². The van der Waals surface area contributed by atoms with Gasteiger partial charge in [-0.15, -0.1) is 12.1 Å². The molecule has 0 radical (unpaired) electrons. The smallest absolute Gasteiger partial charge is 0.268 e. The predicted molar refractivity (Wildman–Crippen MR) is 289 cm³/mol. The standard InChI is InChI=1S/C31H26N7.C31H20N3.Pt/c1-17-8-6-10-21-27(17)34-29-33-20-15-24-25(16-23(20)36(21)29)37-22-11-7-9-18(2)28(22)35-30(37)38(24)26-14-19(12-13-32-26)31(3,4)5;1-2-12-23(13-3-1)32-22-33(29-19-9-8-18-28(29)32)30-20-10-11-21-31(30)34-26-16-6-4-14-24(26)25-15-5-7-17-27(25)34;/h6-14,16H,1-5H3,(H,33,34);1-12,14-21H;/q2*-1;. The van der Waals surface area contributed by atoms with Crippen molar-refractivity contribution in [1.82, 2.24) is 42.4 Å². The summed E-state index contributed by atoms with van der Waals surface area (Å²) in [5.41, 5.74) is 19.3. The molecule has 0 saturated carbocycles. The van der Waals surface area contributed by atoms with E-state index < -0.39 is 0 Å². The maximum Gasteiger partial charge on any atom is 0.268 e. The van der Waals surface area contributed by atoms with Gasteiger partial charge in [0.2, 0.25) is 5.78 Å². The zero-order valence-electron chi connectivity index (χ0n) is 40.7. The number of hydrogen-bond acceptors (Lipinski definition) is 3. The molecule has 7 heterocycles. The Balaban J connectivity index is 0.000000140. The van der Waals surface area contributed by atoms with Crippen LogP contribution in [-0.2, 0) is 26.5 Å². The summed E-state index contributed by atoms with van der Waals surface area (Å²) in [7, 11) is 0.